The van der Waals surface area contributed by atoms with E-state index in [0.29, 0.717) is 13.2 Å². The average molecular weight is 184 g/mol. The van der Waals surface area contributed by atoms with Gasteiger partial charge in [0, 0.05) is 10.9 Å². The van der Waals surface area contributed by atoms with E-state index in [9.17, 15) is 0 Å². The molecule has 0 amide bonds. The van der Waals surface area contributed by atoms with Gasteiger partial charge in [-0.15, -0.1) is 11.3 Å². The predicted octanol–water partition coefficient (Wildman–Crippen LogP) is 2.47. The summed E-state index contributed by atoms with van der Waals surface area (Å²) in [4.78, 5) is 0. The first-order valence-corrected chi connectivity index (χ1v) is 5.15. The molecule has 12 heavy (non-hydrogen) atoms. The van der Waals surface area contributed by atoms with E-state index in [1.165, 1.54) is 5.56 Å². The molecule has 0 radical (unpaired) electrons. The van der Waals surface area contributed by atoms with Gasteiger partial charge in [0.1, 0.15) is 13.2 Å². The molecule has 0 fully saturated rings. The Morgan fingerprint density at radius 1 is 1.42 bits per heavy atom. The van der Waals surface area contributed by atoms with E-state index in [-0.39, 0.29) is 0 Å². The molecule has 0 spiro atoms. The Labute approximate surface area is 76.1 Å². The largest absolute Gasteiger partial charge is 0.485 e. The molecule has 0 unspecified atom stereocenters. The quantitative estimate of drug-likeness (QED) is 0.703. The zero-order chi connectivity index (χ0) is 8.39. The Morgan fingerprint density at radius 3 is 3.08 bits per heavy atom. The van der Waals surface area contributed by atoms with Crippen LogP contribution in [0.5, 0.6) is 10.8 Å². The first kappa shape index (κ1) is 7.92. The van der Waals surface area contributed by atoms with Crippen LogP contribution in [0.1, 0.15) is 18.9 Å². The van der Waals surface area contributed by atoms with Crippen molar-refractivity contribution in [3.8, 4) is 10.8 Å². The molecule has 0 aromatic carbocycles. The summed E-state index contributed by atoms with van der Waals surface area (Å²) >= 11 is 1.64. The monoisotopic (exact) mass is 184 g/mol. The number of hydrogen-bond acceptors (Lipinski definition) is 3. The third-order valence-electron chi connectivity index (χ3n) is 1.87. The first-order valence-electron chi connectivity index (χ1n) is 4.27. The molecule has 66 valence electrons. The minimum atomic E-state index is 0.694. The van der Waals surface area contributed by atoms with Crippen molar-refractivity contribution in [3.63, 3.8) is 0 Å². The maximum atomic E-state index is 5.53. The van der Waals surface area contributed by atoms with E-state index in [1.807, 2.05) is 0 Å². The molecule has 1 aromatic heterocycles. The third kappa shape index (κ3) is 1.29. The van der Waals surface area contributed by atoms with Gasteiger partial charge in [-0.2, -0.15) is 0 Å². The lowest BCUT2D eigenvalue weighted by atomic mass is 10.2. The lowest BCUT2D eigenvalue weighted by molar-refractivity contribution is 0.176. The van der Waals surface area contributed by atoms with Gasteiger partial charge in [-0.1, -0.05) is 13.3 Å². The molecule has 2 nitrogen and oxygen atoms in total. The highest BCUT2D eigenvalue weighted by molar-refractivity contribution is 7.12. The molecular weight excluding hydrogens is 172 g/mol. The number of fused-ring (bicyclic) bond motifs is 1. The van der Waals surface area contributed by atoms with Crippen molar-refractivity contribution < 1.29 is 9.47 Å². The summed E-state index contributed by atoms with van der Waals surface area (Å²) in [7, 11) is 0. The van der Waals surface area contributed by atoms with Gasteiger partial charge in [-0.3, -0.25) is 0 Å². The highest BCUT2D eigenvalue weighted by Crippen LogP contribution is 2.40. The summed E-state index contributed by atoms with van der Waals surface area (Å²) in [6.07, 6.45) is 2.25. The Kier molecular flexibility index (Phi) is 2.21. The molecule has 0 atom stereocenters. The maximum absolute atomic E-state index is 5.53. The van der Waals surface area contributed by atoms with E-state index in [2.05, 4.69) is 12.3 Å². The molecule has 0 saturated carbocycles. The first-order chi connectivity index (χ1) is 5.92. The summed E-state index contributed by atoms with van der Waals surface area (Å²) in [6.45, 7) is 3.56. The van der Waals surface area contributed by atoms with E-state index >= 15 is 0 Å². The number of rotatable bonds is 2. The number of hydrogen-bond donors (Lipinski definition) is 0. The van der Waals surface area contributed by atoms with Gasteiger partial charge in [0.2, 0.25) is 5.06 Å². The predicted molar refractivity (Wildman–Crippen MR) is 49.3 cm³/mol. The van der Waals surface area contributed by atoms with Gasteiger partial charge >= 0.3 is 0 Å². The van der Waals surface area contributed by atoms with Crippen LogP contribution in [0.15, 0.2) is 5.38 Å². The van der Waals surface area contributed by atoms with Gasteiger partial charge in [-0.05, 0) is 6.42 Å². The van der Waals surface area contributed by atoms with E-state index in [4.69, 9.17) is 9.47 Å². The zero-order valence-electron chi connectivity index (χ0n) is 7.13. The maximum Gasteiger partial charge on any atom is 0.217 e. The number of aryl methyl sites for hydroxylation is 1. The topological polar surface area (TPSA) is 18.5 Å². The fraction of sp³-hybridized carbons (Fsp3) is 0.556. The molecule has 0 N–H and O–H groups in total. The lowest BCUT2D eigenvalue weighted by Gasteiger charge is -2.15. The van der Waals surface area contributed by atoms with Crippen molar-refractivity contribution in [2.45, 2.75) is 19.8 Å². The summed E-state index contributed by atoms with van der Waals surface area (Å²) in [5.41, 5.74) is 1.30. The van der Waals surface area contributed by atoms with Crippen molar-refractivity contribution in [2.24, 2.45) is 0 Å². The minimum Gasteiger partial charge on any atom is -0.485 e. The van der Waals surface area contributed by atoms with Crippen molar-refractivity contribution in [1.29, 1.82) is 0 Å². The molecule has 3 heteroatoms. The normalized spacial score (nSPS) is 14.8. The second-order valence-corrected chi connectivity index (χ2v) is 3.67. The molecule has 1 aromatic rings. The van der Waals surface area contributed by atoms with Crippen LogP contribution in [0.3, 0.4) is 0 Å². The minimum absolute atomic E-state index is 0.694. The Hall–Kier alpha value is -0.700. The van der Waals surface area contributed by atoms with E-state index < -0.39 is 0 Å². The van der Waals surface area contributed by atoms with Crippen LogP contribution in [0, 0.1) is 0 Å². The van der Waals surface area contributed by atoms with Crippen LogP contribution in [-0.2, 0) is 6.42 Å². The molecule has 2 heterocycles. The third-order valence-corrected chi connectivity index (χ3v) is 2.79. The molecular formula is C9H12O2S. The lowest BCUT2D eigenvalue weighted by Crippen LogP contribution is -2.14. The fourth-order valence-corrected chi connectivity index (χ4v) is 2.26. The SMILES string of the molecule is CCCc1csc2c1OCCO2. The smallest absolute Gasteiger partial charge is 0.217 e. The summed E-state index contributed by atoms with van der Waals surface area (Å²) in [5, 5.41) is 3.10. The zero-order valence-corrected chi connectivity index (χ0v) is 7.95. The van der Waals surface area contributed by atoms with Crippen molar-refractivity contribution in [3.05, 3.63) is 10.9 Å². The second-order valence-electron chi connectivity index (χ2n) is 2.82. The molecule has 2 rings (SSSR count). The van der Waals surface area contributed by atoms with Crippen LogP contribution in [0.4, 0.5) is 0 Å². The summed E-state index contributed by atoms with van der Waals surface area (Å²) in [6, 6.07) is 0. The molecule has 0 aliphatic carbocycles. The molecule has 0 bridgehead atoms. The van der Waals surface area contributed by atoms with Crippen LogP contribution in [-0.4, -0.2) is 13.2 Å². The Bertz CT molecular complexity index is 267. The second kappa shape index (κ2) is 3.35. The van der Waals surface area contributed by atoms with Crippen LogP contribution in [0.2, 0.25) is 0 Å². The average Bonchev–Trinajstić information content (AvgIpc) is 2.50. The standard InChI is InChI=1S/C9H12O2S/c1-2-3-7-6-12-9-8(7)10-4-5-11-9/h6H,2-5H2,1H3. The van der Waals surface area contributed by atoms with Crippen molar-refractivity contribution >= 4 is 11.3 Å². The van der Waals surface area contributed by atoms with Crippen molar-refractivity contribution in [2.75, 3.05) is 13.2 Å². The van der Waals surface area contributed by atoms with Gasteiger partial charge in [0.05, 0.1) is 0 Å². The highest BCUT2D eigenvalue weighted by atomic mass is 32.1. The van der Waals surface area contributed by atoms with E-state index in [1.54, 1.807) is 11.3 Å². The summed E-state index contributed by atoms with van der Waals surface area (Å²) in [5.74, 6) is 0.994. The van der Waals surface area contributed by atoms with Gasteiger partial charge < -0.3 is 9.47 Å². The van der Waals surface area contributed by atoms with Crippen LogP contribution < -0.4 is 9.47 Å². The van der Waals surface area contributed by atoms with Gasteiger partial charge in [-0.25, -0.2) is 0 Å². The highest BCUT2D eigenvalue weighted by Gasteiger charge is 2.17. The van der Waals surface area contributed by atoms with Crippen LogP contribution in [0.25, 0.3) is 0 Å². The Balaban J connectivity index is 2.25. The summed E-state index contributed by atoms with van der Waals surface area (Å²) < 4.78 is 11.0. The fourth-order valence-electron chi connectivity index (χ4n) is 1.33. The molecule has 1 aliphatic heterocycles. The van der Waals surface area contributed by atoms with E-state index in [0.717, 1.165) is 23.7 Å². The Morgan fingerprint density at radius 2 is 2.25 bits per heavy atom. The van der Waals surface area contributed by atoms with Gasteiger partial charge in [0.25, 0.3) is 0 Å². The number of ether oxygens (including phenoxy) is 2. The van der Waals surface area contributed by atoms with Crippen molar-refractivity contribution in [1.82, 2.24) is 0 Å². The number of thiophene rings is 1. The molecule has 0 saturated heterocycles. The van der Waals surface area contributed by atoms with Crippen LogP contribution >= 0.6 is 11.3 Å². The van der Waals surface area contributed by atoms with Gasteiger partial charge in [0.15, 0.2) is 5.75 Å². The molecule has 1 aliphatic rings.